The van der Waals surface area contributed by atoms with Gasteiger partial charge in [-0.3, -0.25) is 14.2 Å². The van der Waals surface area contributed by atoms with Crippen LogP contribution in [0.25, 0.3) is 26.0 Å². The van der Waals surface area contributed by atoms with Crippen LogP contribution in [0, 0.1) is 0 Å². The van der Waals surface area contributed by atoms with E-state index in [4.69, 9.17) is 4.98 Å². The van der Waals surface area contributed by atoms with Crippen molar-refractivity contribution in [3.05, 3.63) is 81.0 Å². The first-order valence-corrected chi connectivity index (χ1v) is 8.93. The molecule has 0 unspecified atom stereocenters. The zero-order valence-corrected chi connectivity index (χ0v) is 14.7. The third kappa shape index (κ3) is 2.48. The minimum absolute atomic E-state index is 0.0473. The fourth-order valence-corrected chi connectivity index (χ4v) is 4.03. The number of para-hydroxylation sites is 1. The molecule has 0 aliphatic heterocycles. The molecule has 4 nitrogen and oxygen atoms in total. The summed E-state index contributed by atoms with van der Waals surface area (Å²) in [7, 11) is 0. The second-order valence-electron chi connectivity index (χ2n) is 6.21. The molecule has 0 aliphatic carbocycles. The van der Waals surface area contributed by atoms with Crippen LogP contribution in [0.5, 0.6) is 0 Å². The normalized spacial score (nSPS) is 11.5. The number of hydrogen-bond donors (Lipinski definition) is 0. The zero-order valence-electron chi connectivity index (χ0n) is 13.9. The number of aromatic nitrogens is 2. The lowest BCUT2D eigenvalue weighted by Crippen LogP contribution is -2.28. The summed E-state index contributed by atoms with van der Waals surface area (Å²) in [4.78, 5) is 31.4. The van der Waals surface area contributed by atoms with Gasteiger partial charge in [-0.05, 0) is 24.3 Å². The summed E-state index contributed by atoms with van der Waals surface area (Å²) in [5, 5.41) is 0.729. The highest BCUT2D eigenvalue weighted by molar-refractivity contribution is 7.24. The molecule has 2 aromatic heterocycles. The van der Waals surface area contributed by atoms with Crippen molar-refractivity contribution in [3.8, 4) is 5.69 Å². The molecule has 0 radical (unpaired) electrons. The maximum atomic E-state index is 13.2. The van der Waals surface area contributed by atoms with Crippen LogP contribution in [0.3, 0.4) is 0 Å². The molecule has 0 spiro atoms. The Balaban J connectivity index is 2.22. The van der Waals surface area contributed by atoms with E-state index in [-0.39, 0.29) is 22.3 Å². The average Bonchev–Trinajstić information content (AvgIpc) is 2.62. The van der Waals surface area contributed by atoms with Crippen molar-refractivity contribution >= 4 is 31.6 Å². The van der Waals surface area contributed by atoms with Crippen LogP contribution >= 0.6 is 11.3 Å². The van der Waals surface area contributed by atoms with Crippen LogP contribution in [0.2, 0.25) is 0 Å². The van der Waals surface area contributed by atoms with Crippen molar-refractivity contribution in [3.63, 3.8) is 0 Å². The molecule has 0 saturated carbocycles. The first kappa shape index (κ1) is 15.7. The average molecular weight is 348 g/mol. The Morgan fingerprint density at radius 2 is 1.64 bits per heavy atom. The highest BCUT2D eigenvalue weighted by atomic mass is 32.1. The Hall–Kier alpha value is -2.79. The Bertz CT molecular complexity index is 1210. The Kier molecular flexibility index (Phi) is 3.73. The van der Waals surface area contributed by atoms with Gasteiger partial charge in [-0.25, -0.2) is 4.98 Å². The molecule has 0 amide bonds. The molecule has 4 aromatic rings. The molecule has 0 saturated heterocycles. The van der Waals surface area contributed by atoms with E-state index in [1.54, 1.807) is 10.6 Å². The minimum Gasteiger partial charge on any atom is -0.288 e. The summed E-state index contributed by atoms with van der Waals surface area (Å²) in [5.41, 5.74) is 0.178. The number of hydrogen-bond acceptors (Lipinski definition) is 4. The summed E-state index contributed by atoms with van der Waals surface area (Å²) < 4.78 is 2.41. The largest absolute Gasteiger partial charge is 0.288 e. The van der Waals surface area contributed by atoms with Crippen molar-refractivity contribution in [2.75, 3.05) is 0 Å². The minimum atomic E-state index is -0.299. The van der Waals surface area contributed by atoms with Crippen LogP contribution in [-0.4, -0.2) is 9.55 Å². The molecule has 2 heterocycles. The molecule has 0 N–H and O–H groups in total. The van der Waals surface area contributed by atoms with E-state index in [0.717, 1.165) is 10.4 Å². The van der Waals surface area contributed by atoms with E-state index < -0.39 is 0 Å². The van der Waals surface area contributed by atoms with Crippen LogP contribution in [0.1, 0.15) is 25.6 Å². The Morgan fingerprint density at radius 1 is 0.960 bits per heavy atom. The molecular formula is C20H16N2O2S. The van der Waals surface area contributed by atoms with E-state index in [1.807, 2.05) is 62.4 Å². The van der Waals surface area contributed by atoms with Crippen LogP contribution in [-0.2, 0) is 0 Å². The molecule has 0 fully saturated rings. The van der Waals surface area contributed by atoms with Gasteiger partial charge in [0.2, 0.25) is 5.43 Å². The first-order chi connectivity index (χ1) is 12.1. The molecule has 2 aromatic carbocycles. The molecule has 0 aliphatic rings. The molecule has 124 valence electrons. The molecule has 4 rings (SSSR count). The zero-order chi connectivity index (χ0) is 17.6. The van der Waals surface area contributed by atoms with Gasteiger partial charge in [0.05, 0.1) is 5.69 Å². The third-order valence-corrected chi connectivity index (χ3v) is 5.24. The van der Waals surface area contributed by atoms with E-state index >= 15 is 0 Å². The number of nitrogens with zero attached hydrogens (tertiary/aromatic N) is 2. The SMILES string of the molecule is CC(C)c1nc2sc3ccccc3c(=O)c2c(=O)n1-c1ccccc1. The Labute approximate surface area is 148 Å². The summed E-state index contributed by atoms with van der Waals surface area (Å²) >= 11 is 1.39. The van der Waals surface area contributed by atoms with E-state index in [2.05, 4.69) is 0 Å². The molecule has 25 heavy (non-hydrogen) atoms. The van der Waals surface area contributed by atoms with Gasteiger partial charge in [0.25, 0.3) is 5.56 Å². The summed E-state index contributed by atoms with van der Waals surface area (Å²) in [5.74, 6) is 0.709. The highest BCUT2D eigenvalue weighted by Gasteiger charge is 2.18. The maximum absolute atomic E-state index is 13.2. The molecular weight excluding hydrogens is 332 g/mol. The van der Waals surface area contributed by atoms with Crippen LogP contribution in [0.15, 0.2) is 64.2 Å². The lowest BCUT2D eigenvalue weighted by atomic mass is 10.1. The van der Waals surface area contributed by atoms with Gasteiger partial charge in [-0.2, -0.15) is 0 Å². The smallest absolute Gasteiger partial charge is 0.270 e. The topological polar surface area (TPSA) is 52.0 Å². The third-order valence-electron chi connectivity index (χ3n) is 4.17. The second-order valence-corrected chi connectivity index (χ2v) is 7.24. The standard InChI is InChI=1S/C20H16N2O2S/c1-12(2)18-21-19-16(17(23)14-10-6-7-11-15(14)25-19)20(24)22(18)13-8-4-3-5-9-13/h3-12H,1-2H3. The van der Waals surface area contributed by atoms with Gasteiger partial charge < -0.3 is 0 Å². The first-order valence-electron chi connectivity index (χ1n) is 8.12. The van der Waals surface area contributed by atoms with Gasteiger partial charge in [0, 0.05) is 16.0 Å². The van der Waals surface area contributed by atoms with E-state index in [0.29, 0.717) is 16.0 Å². The maximum Gasteiger partial charge on any atom is 0.270 e. The van der Waals surface area contributed by atoms with Crippen LogP contribution in [0.4, 0.5) is 0 Å². The number of rotatable bonds is 2. The van der Waals surface area contributed by atoms with E-state index in [9.17, 15) is 9.59 Å². The number of benzene rings is 2. The predicted molar refractivity (Wildman–Crippen MR) is 103 cm³/mol. The van der Waals surface area contributed by atoms with Crippen molar-refractivity contribution in [1.82, 2.24) is 9.55 Å². The quantitative estimate of drug-likeness (QED) is 0.513. The van der Waals surface area contributed by atoms with Gasteiger partial charge in [-0.15, -0.1) is 11.3 Å². The lowest BCUT2D eigenvalue weighted by molar-refractivity contribution is 0.724. The fraction of sp³-hybridized carbons (Fsp3) is 0.150. The van der Waals surface area contributed by atoms with Gasteiger partial charge in [-0.1, -0.05) is 44.2 Å². The van der Waals surface area contributed by atoms with Crippen molar-refractivity contribution in [2.45, 2.75) is 19.8 Å². The predicted octanol–water partition coefficient (Wildman–Crippen LogP) is 4.08. The summed E-state index contributed by atoms with van der Waals surface area (Å²) in [6.07, 6.45) is 0. The Morgan fingerprint density at radius 3 is 2.36 bits per heavy atom. The number of fused-ring (bicyclic) bond motifs is 2. The molecule has 5 heteroatoms. The summed E-state index contributed by atoms with van der Waals surface area (Å²) in [6.45, 7) is 3.99. The highest BCUT2D eigenvalue weighted by Crippen LogP contribution is 2.24. The molecule has 0 bridgehead atoms. The van der Waals surface area contributed by atoms with Crippen molar-refractivity contribution in [1.29, 1.82) is 0 Å². The van der Waals surface area contributed by atoms with Crippen LogP contribution < -0.4 is 11.0 Å². The monoisotopic (exact) mass is 348 g/mol. The van der Waals surface area contributed by atoms with E-state index in [1.165, 1.54) is 11.3 Å². The van der Waals surface area contributed by atoms with Crippen molar-refractivity contribution < 1.29 is 0 Å². The van der Waals surface area contributed by atoms with Crippen molar-refractivity contribution in [2.24, 2.45) is 0 Å². The lowest BCUT2D eigenvalue weighted by Gasteiger charge is -2.15. The van der Waals surface area contributed by atoms with Gasteiger partial charge >= 0.3 is 0 Å². The van der Waals surface area contributed by atoms with Gasteiger partial charge in [0.15, 0.2) is 0 Å². The molecule has 0 atom stereocenters. The second kappa shape index (κ2) is 5.93. The van der Waals surface area contributed by atoms with Gasteiger partial charge in [0.1, 0.15) is 16.0 Å². The fourth-order valence-electron chi connectivity index (χ4n) is 2.98. The summed E-state index contributed by atoms with van der Waals surface area (Å²) in [6, 6.07) is 16.7.